The first-order valence-corrected chi connectivity index (χ1v) is 9.08. The molecule has 3 nitrogen and oxygen atoms in total. The van der Waals surface area contributed by atoms with Crippen LogP contribution in [0.4, 0.5) is 0 Å². The van der Waals surface area contributed by atoms with Gasteiger partial charge in [-0.3, -0.25) is 0 Å². The molecular formula is C16H25NO2S. The first-order valence-electron chi connectivity index (χ1n) is 7.64. The maximum absolute atomic E-state index is 12.4. The predicted molar refractivity (Wildman–Crippen MR) is 82.2 cm³/mol. The van der Waals surface area contributed by atoms with Gasteiger partial charge in [0.15, 0.2) is 0 Å². The lowest BCUT2D eigenvalue weighted by Gasteiger charge is -2.06. The van der Waals surface area contributed by atoms with Gasteiger partial charge in [0.05, 0.1) is 4.90 Å². The normalized spacial score (nSPS) is 21.9. The fourth-order valence-corrected chi connectivity index (χ4v) is 4.14. The molecule has 1 aliphatic rings. The van der Waals surface area contributed by atoms with Crippen molar-refractivity contribution in [2.75, 3.05) is 6.54 Å². The van der Waals surface area contributed by atoms with Crippen molar-refractivity contribution < 1.29 is 8.42 Å². The highest BCUT2D eigenvalue weighted by molar-refractivity contribution is 7.89. The SMILES string of the molecule is CCCCCCC[C@@H]1CN1S(=O)(=O)c1ccc(C)cc1. The lowest BCUT2D eigenvalue weighted by molar-refractivity contribution is 0.535. The summed E-state index contributed by atoms with van der Waals surface area (Å²) in [6.07, 6.45) is 7.18. The van der Waals surface area contributed by atoms with E-state index in [1.165, 1.54) is 25.7 Å². The third-order valence-corrected chi connectivity index (χ3v) is 5.87. The van der Waals surface area contributed by atoms with Crippen LogP contribution in [0.3, 0.4) is 0 Å². The minimum absolute atomic E-state index is 0.239. The summed E-state index contributed by atoms with van der Waals surface area (Å²) in [7, 11) is -3.25. The molecule has 1 fully saturated rings. The summed E-state index contributed by atoms with van der Waals surface area (Å²) >= 11 is 0. The lowest BCUT2D eigenvalue weighted by Crippen LogP contribution is -2.14. The Balaban J connectivity index is 1.83. The van der Waals surface area contributed by atoms with Crippen molar-refractivity contribution >= 4 is 10.0 Å². The summed E-state index contributed by atoms with van der Waals surface area (Å²) in [5.74, 6) is 0. The predicted octanol–water partition coefficient (Wildman–Crippen LogP) is 3.73. The van der Waals surface area contributed by atoms with E-state index < -0.39 is 10.0 Å². The van der Waals surface area contributed by atoms with Gasteiger partial charge in [-0.2, -0.15) is 4.31 Å². The van der Waals surface area contributed by atoms with Crippen LogP contribution < -0.4 is 0 Å². The van der Waals surface area contributed by atoms with Crippen LogP contribution in [0.25, 0.3) is 0 Å². The summed E-state index contributed by atoms with van der Waals surface area (Å²) in [6.45, 7) is 4.87. The molecule has 1 aromatic rings. The number of benzene rings is 1. The molecule has 112 valence electrons. The smallest absolute Gasteiger partial charge is 0.207 e. The van der Waals surface area contributed by atoms with Gasteiger partial charge in [0.1, 0.15) is 0 Å². The van der Waals surface area contributed by atoms with Gasteiger partial charge in [0.25, 0.3) is 0 Å². The van der Waals surface area contributed by atoms with Crippen LogP contribution in [0.15, 0.2) is 29.2 Å². The first kappa shape index (κ1) is 15.5. The molecule has 0 aliphatic carbocycles. The standard InChI is InChI=1S/C16H25NO2S/c1-3-4-5-6-7-8-15-13-17(15)20(18,19)16-11-9-14(2)10-12-16/h9-12,15H,3-8,13H2,1-2H3/t15-,17?/m1/s1. The quantitative estimate of drug-likeness (QED) is 0.541. The molecule has 0 spiro atoms. The number of rotatable bonds is 8. The minimum atomic E-state index is -3.25. The van der Waals surface area contributed by atoms with Crippen LogP contribution in [0.2, 0.25) is 0 Å². The molecule has 0 aromatic heterocycles. The summed E-state index contributed by atoms with van der Waals surface area (Å²) in [4.78, 5) is 0.427. The van der Waals surface area contributed by atoms with Crippen LogP contribution in [0.5, 0.6) is 0 Å². The molecule has 1 heterocycles. The molecule has 4 heteroatoms. The summed E-state index contributed by atoms with van der Waals surface area (Å²) in [6, 6.07) is 7.37. The molecule has 2 atom stereocenters. The summed E-state index contributed by atoms with van der Waals surface area (Å²) < 4.78 is 26.4. The van der Waals surface area contributed by atoms with Gasteiger partial charge >= 0.3 is 0 Å². The zero-order valence-electron chi connectivity index (χ0n) is 12.5. The molecule has 0 N–H and O–H groups in total. The molecule has 1 aliphatic heterocycles. The molecule has 0 radical (unpaired) electrons. The van der Waals surface area contributed by atoms with Crippen molar-refractivity contribution in [2.45, 2.75) is 63.3 Å². The first-order chi connectivity index (χ1) is 9.55. The van der Waals surface area contributed by atoms with E-state index in [4.69, 9.17) is 0 Å². The Bertz CT molecular complexity index is 522. The highest BCUT2D eigenvalue weighted by atomic mass is 32.2. The van der Waals surface area contributed by atoms with Gasteiger partial charge in [0, 0.05) is 12.6 Å². The minimum Gasteiger partial charge on any atom is -0.207 e. The Hall–Kier alpha value is -0.870. The lowest BCUT2D eigenvalue weighted by atomic mass is 10.1. The maximum atomic E-state index is 12.4. The number of unbranched alkanes of at least 4 members (excludes halogenated alkanes) is 4. The molecule has 2 rings (SSSR count). The van der Waals surface area contributed by atoms with Crippen molar-refractivity contribution in [1.29, 1.82) is 0 Å². The van der Waals surface area contributed by atoms with E-state index in [9.17, 15) is 8.42 Å². The molecular weight excluding hydrogens is 270 g/mol. The zero-order valence-corrected chi connectivity index (χ0v) is 13.3. The van der Waals surface area contributed by atoms with Crippen LogP contribution in [-0.2, 0) is 10.0 Å². The average molecular weight is 295 g/mol. The van der Waals surface area contributed by atoms with Crippen molar-refractivity contribution in [2.24, 2.45) is 0 Å². The van der Waals surface area contributed by atoms with Gasteiger partial charge in [-0.1, -0.05) is 56.7 Å². The van der Waals surface area contributed by atoms with E-state index >= 15 is 0 Å². The number of hydrogen-bond acceptors (Lipinski definition) is 2. The third kappa shape index (κ3) is 3.83. The second kappa shape index (κ2) is 6.72. The van der Waals surface area contributed by atoms with Crippen molar-refractivity contribution in [3.05, 3.63) is 29.8 Å². The molecule has 1 unspecified atom stereocenters. The maximum Gasteiger partial charge on any atom is 0.243 e. The summed E-state index contributed by atoms with van der Waals surface area (Å²) in [5.41, 5.74) is 1.09. The molecule has 0 saturated carbocycles. The Morgan fingerprint density at radius 1 is 1.10 bits per heavy atom. The molecule has 0 amide bonds. The molecule has 20 heavy (non-hydrogen) atoms. The third-order valence-electron chi connectivity index (χ3n) is 3.93. The van der Waals surface area contributed by atoms with Crippen LogP contribution >= 0.6 is 0 Å². The number of aryl methyl sites for hydroxylation is 1. The Morgan fingerprint density at radius 3 is 2.40 bits per heavy atom. The van der Waals surface area contributed by atoms with E-state index in [2.05, 4.69) is 6.92 Å². The average Bonchev–Trinajstić information content (AvgIpc) is 3.19. The monoisotopic (exact) mass is 295 g/mol. The van der Waals surface area contributed by atoms with Crippen molar-refractivity contribution in [3.63, 3.8) is 0 Å². The van der Waals surface area contributed by atoms with Gasteiger partial charge in [0.2, 0.25) is 10.0 Å². The summed E-state index contributed by atoms with van der Waals surface area (Å²) in [5, 5.41) is 0. The highest BCUT2D eigenvalue weighted by Gasteiger charge is 2.43. The fourth-order valence-electron chi connectivity index (χ4n) is 2.52. The molecule has 1 aromatic carbocycles. The van der Waals surface area contributed by atoms with Gasteiger partial charge in [-0.25, -0.2) is 8.42 Å². The largest absolute Gasteiger partial charge is 0.243 e. The van der Waals surface area contributed by atoms with Crippen molar-refractivity contribution in [3.8, 4) is 0 Å². The van der Waals surface area contributed by atoms with Gasteiger partial charge in [-0.05, 0) is 25.5 Å². The zero-order chi connectivity index (χ0) is 14.6. The Morgan fingerprint density at radius 2 is 1.75 bits per heavy atom. The fraction of sp³-hybridized carbons (Fsp3) is 0.625. The molecule has 1 saturated heterocycles. The second-order valence-electron chi connectivity index (χ2n) is 5.74. The van der Waals surface area contributed by atoms with E-state index in [1.807, 2.05) is 19.1 Å². The van der Waals surface area contributed by atoms with Crippen LogP contribution in [0, 0.1) is 6.92 Å². The van der Waals surface area contributed by atoms with Crippen LogP contribution in [-0.4, -0.2) is 25.3 Å². The number of sulfonamides is 1. The van der Waals surface area contributed by atoms with E-state index in [0.29, 0.717) is 11.4 Å². The number of hydrogen-bond donors (Lipinski definition) is 0. The van der Waals surface area contributed by atoms with E-state index in [0.717, 1.165) is 18.4 Å². The Labute approximate surface area is 123 Å². The highest BCUT2D eigenvalue weighted by Crippen LogP contribution is 2.31. The van der Waals surface area contributed by atoms with E-state index in [1.54, 1.807) is 16.4 Å². The second-order valence-corrected chi connectivity index (χ2v) is 7.64. The number of nitrogens with zero attached hydrogens (tertiary/aromatic N) is 1. The topological polar surface area (TPSA) is 37.1 Å². The van der Waals surface area contributed by atoms with E-state index in [-0.39, 0.29) is 6.04 Å². The molecule has 0 bridgehead atoms. The Kier molecular flexibility index (Phi) is 5.22. The van der Waals surface area contributed by atoms with Gasteiger partial charge < -0.3 is 0 Å². The van der Waals surface area contributed by atoms with Crippen LogP contribution in [0.1, 0.15) is 51.0 Å². The van der Waals surface area contributed by atoms with Gasteiger partial charge in [-0.15, -0.1) is 0 Å². The van der Waals surface area contributed by atoms with Crippen molar-refractivity contribution in [1.82, 2.24) is 4.31 Å².